The summed E-state index contributed by atoms with van der Waals surface area (Å²) in [5.74, 6) is -2.26. The van der Waals surface area contributed by atoms with Gasteiger partial charge in [-0.15, -0.1) is 11.3 Å². The maximum Gasteiger partial charge on any atom is 0.357 e. The predicted octanol–water partition coefficient (Wildman–Crippen LogP) is 1.86. The minimum Gasteiger partial charge on any atom is -0.468 e. The topological polar surface area (TPSA) is 161 Å². The molecule has 11 nitrogen and oxygen atoms in total. The first kappa shape index (κ1) is 27.2. The molecule has 0 aliphatic carbocycles. The Bertz CT molecular complexity index is 1120. The highest BCUT2D eigenvalue weighted by Gasteiger charge is 2.29. The number of carbonyl (C=O) groups excluding carboxylic acids is 3. The molecule has 34 heavy (non-hydrogen) atoms. The summed E-state index contributed by atoms with van der Waals surface area (Å²) in [4.78, 5) is 40.6. The summed E-state index contributed by atoms with van der Waals surface area (Å²) in [7, 11) is -3.18. The van der Waals surface area contributed by atoms with Crippen molar-refractivity contribution in [3.63, 3.8) is 0 Å². The first-order valence-corrected chi connectivity index (χ1v) is 12.4. The van der Waals surface area contributed by atoms with E-state index in [1.54, 1.807) is 38.3 Å². The van der Waals surface area contributed by atoms with Crippen LogP contribution in [0.25, 0.3) is 0 Å². The van der Waals surface area contributed by atoms with E-state index in [-0.39, 0.29) is 25.1 Å². The molecule has 2 aromatic rings. The molecule has 0 bridgehead atoms. The molecule has 1 amide bonds. The van der Waals surface area contributed by atoms with Crippen LogP contribution in [0.1, 0.15) is 43.0 Å². The van der Waals surface area contributed by atoms with Gasteiger partial charge in [0.25, 0.3) is 0 Å². The summed E-state index contributed by atoms with van der Waals surface area (Å²) in [6.45, 7) is 4.99. The van der Waals surface area contributed by atoms with E-state index in [1.165, 1.54) is 30.6 Å². The van der Waals surface area contributed by atoms with Gasteiger partial charge in [0.05, 0.1) is 24.9 Å². The molecule has 186 valence electrons. The SMILES string of the molecule is COC(=O)CNC(=O)Cc1csc([C@@H](Cc2ccc(NS(=O)(=O)O)cc2)C(=O)OC(C)(C)C)n1. The largest absolute Gasteiger partial charge is 0.468 e. The van der Waals surface area contributed by atoms with Crippen molar-refractivity contribution < 1.29 is 36.8 Å². The fourth-order valence-electron chi connectivity index (χ4n) is 2.77. The lowest BCUT2D eigenvalue weighted by Crippen LogP contribution is -2.31. The highest BCUT2D eigenvalue weighted by molar-refractivity contribution is 7.87. The van der Waals surface area contributed by atoms with Gasteiger partial charge >= 0.3 is 22.2 Å². The van der Waals surface area contributed by atoms with Gasteiger partial charge in [-0.3, -0.25) is 23.7 Å². The summed E-state index contributed by atoms with van der Waals surface area (Å²) in [6.07, 6.45) is 0.132. The summed E-state index contributed by atoms with van der Waals surface area (Å²) < 4.78 is 42.8. The van der Waals surface area contributed by atoms with E-state index in [9.17, 15) is 22.8 Å². The van der Waals surface area contributed by atoms with Crippen LogP contribution in [0, 0.1) is 0 Å². The first-order chi connectivity index (χ1) is 15.8. The average Bonchev–Trinajstić information content (AvgIpc) is 3.16. The van der Waals surface area contributed by atoms with Gasteiger partial charge in [-0.25, -0.2) is 4.98 Å². The van der Waals surface area contributed by atoms with Gasteiger partial charge in [-0.1, -0.05) is 12.1 Å². The summed E-state index contributed by atoms with van der Waals surface area (Å²) in [6, 6.07) is 6.13. The number of anilines is 1. The minimum atomic E-state index is -4.40. The van der Waals surface area contributed by atoms with Gasteiger partial charge in [0, 0.05) is 5.38 Å². The van der Waals surface area contributed by atoms with Crippen LogP contribution < -0.4 is 10.0 Å². The summed E-state index contributed by atoms with van der Waals surface area (Å²) >= 11 is 1.20. The van der Waals surface area contributed by atoms with E-state index >= 15 is 0 Å². The van der Waals surface area contributed by atoms with Crippen molar-refractivity contribution >= 4 is 45.2 Å². The summed E-state index contributed by atoms with van der Waals surface area (Å²) in [5.41, 5.74) is 0.564. The summed E-state index contributed by atoms with van der Waals surface area (Å²) in [5, 5.41) is 4.53. The predicted molar refractivity (Wildman–Crippen MR) is 125 cm³/mol. The standard InChI is InChI=1S/C21H27N3O8S2/c1-21(2,3)32-20(27)16(9-13-5-7-14(8-6-13)24-34(28,29)30)19-23-15(12-33-19)10-17(25)22-11-18(26)31-4/h5-8,12,16,24H,9-11H2,1-4H3,(H,22,25)(H,28,29,30)/t16-/m1/s1. The fraction of sp³-hybridized carbons (Fsp3) is 0.429. The van der Waals surface area contributed by atoms with E-state index in [0.29, 0.717) is 16.3 Å². The highest BCUT2D eigenvalue weighted by atomic mass is 32.2. The monoisotopic (exact) mass is 513 g/mol. The number of nitrogens with zero attached hydrogens (tertiary/aromatic N) is 1. The molecule has 0 unspecified atom stereocenters. The number of nitrogens with one attached hydrogen (secondary N) is 2. The molecule has 1 atom stereocenters. The number of hydrogen-bond acceptors (Lipinski definition) is 9. The number of hydrogen-bond donors (Lipinski definition) is 3. The van der Waals surface area contributed by atoms with Gasteiger partial charge in [0.15, 0.2) is 0 Å². The Kier molecular flexibility index (Phi) is 9.13. The molecule has 0 aliphatic heterocycles. The maximum absolute atomic E-state index is 12.9. The second-order valence-electron chi connectivity index (χ2n) is 8.27. The van der Waals surface area contributed by atoms with E-state index in [0.717, 1.165) is 0 Å². The zero-order chi connectivity index (χ0) is 25.5. The van der Waals surface area contributed by atoms with Gasteiger partial charge in [-0.05, 0) is 44.9 Å². The Hall–Kier alpha value is -3.03. The van der Waals surface area contributed by atoms with Crippen LogP contribution in [-0.4, -0.2) is 55.1 Å². The Morgan fingerprint density at radius 3 is 2.38 bits per heavy atom. The number of rotatable bonds is 10. The zero-order valence-electron chi connectivity index (χ0n) is 19.2. The highest BCUT2D eigenvalue weighted by Crippen LogP contribution is 2.28. The third-order valence-corrected chi connectivity index (χ3v) is 5.70. The molecule has 3 N–H and O–H groups in total. The number of amides is 1. The van der Waals surface area contributed by atoms with E-state index in [1.807, 2.05) is 4.72 Å². The molecule has 0 aliphatic rings. The number of methoxy groups -OCH3 is 1. The second kappa shape index (κ2) is 11.4. The van der Waals surface area contributed by atoms with Crippen LogP contribution in [0.4, 0.5) is 5.69 Å². The fourth-order valence-corrected chi connectivity index (χ4v) is 4.11. The quantitative estimate of drug-likeness (QED) is 0.318. The lowest BCUT2D eigenvalue weighted by Gasteiger charge is -2.23. The molecule has 0 saturated heterocycles. The number of carbonyl (C=O) groups is 3. The van der Waals surface area contributed by atoms with Crippen molar-refractivity contribution in [2.45, 2.75) is 45.1 Å². The van der Waals surface area contributed by atoms with E-state index in [2.05, 4.69) is 15.0 Å². The van der Waals surface area contributed by atoms with Crippen molar-refractivity contribution in [1.29, 1.82) is 0 Å². The van der Waals surface area contributed by atoms with Gasteiger partial charge in [0.2, 0.25) is 5.91 Å². The number of thiazole rings is 1. The molecule has 0 radical (unpaired) electrons. The molecule has 0 spiro atoms. The third kappa shape index (κ3) is 9.45. The average molecular weight is 514 g/mol. The molecule has 1 aromatic carbocycles. The smallest absolute Gasteiger partial charge is 0.357 e. The molecule has 1 heterocycles. The Morgan fingerprint density at radius 2 is 1.82 bits per heavy atom. The normalized spacial score (nSPS) is 12.5. The van der Waals surface area contributed by atoms with E-state index in [4.69, 9.17) is 9.29 Å². The van der Waals surface area contributed by atoms with Crippen LogP contribution in [-0.2, 0) is 47.0 Å². The molecular weight excluding hydrogens is 486 g/mol. The number of ether oxygens (including phenoxy) is 2. The van der Waals surface area contributed by atoms with Gasteiger partial charge in [-0.2, -0.15) is 8.42 Å². The Morgan fingerprint density at radius 1 is 1.18 bits per heavy atom. The maximum atomic E-state index is 12.9. The first-order valence-electron chi connectivity index (χ1n) is 10.1. The van der Waals surface area contributed by atoms with Crippen LogP contribution in [0.3, 0.4) is 0 Å². The molecule has 13 heteroatoms. The zero-order valence-corrected chi connectivity index (χ0v) is 20.8. The van der Waals surface area contributed by atoms with Crippen molar-refractivity contribution in [2.75, 3.05) is 18.4 Å². The van der Waals surface area contributed by atoms with Crippen molar-refractivity contribution in [1.82, 2.24) is 10.3 Å². The van der Waals surface area contributed by atoms with E-state index < -0.39 is 39.7 Å². The second-order valence-corrected chi connectivity index (χ2v) is 10.3. The molecule has 2 rings (SSSR count). The Labute approximate surface area is 201 Å². The number of benzene rings is 1. The molecular formula is C21H27N3O8S2. The van der Waals surface area contributed by atoms with Gasteiger partial charge in [0.1, 0.15) is 23.1 Å². The third-order valence-electron chi connectivity index (χ3n) is 4.20. The number of aromatic nitrogens is 1. The lowest BCUT2D eigenvalue weighted by molar-refractivity contribution is -0.156. The van der Waals surface area contributed by atoms with Crippen LogP contribution in [0.5, 0.6) is 0 Å². The minimum absolute atomic E-state index is 0.0788. The van der Waals surface area contributed by atoms with Crippen LogP contribution in [0.15, 0.2) is 29.6 Å². The Balaban J connectivity index is 2.19. The lowest BCUT2D eigenvalue weighted by atomic mass is 9.99. The van der Waals surface area contributed by atoms with Crippen LogP contribution >= 0.6 is 11.3 Å². The molecule has 0 saturated carbocycles. The van der Waals surface area contributed by atoms with Crippen molar-refractivity contribution in [3.05, 3.63) is 45.9 Å². The van der Waals surface area contributed by atoms with Crippen molar-refractivity contribution in [2.24, 2.45) is 0 Å². The van der Waals surface area contributed by atoms with Gasteiger partial charge < -0.3 is 14.8 Å². The van der Waals surface area contributed by atoms with Crippen LogP contribution in [0.2, 0.25) is 0 Å². The molecule has 0 fully saturated rings. The molecule has 1 aromatic heterocycles. The number of esters is 2. The van der Waals surface area contributed by atoms with Crippen molar-refractivity contribution in [3.8, 4) is 0 Å².